The van der Waals surface area contributed by atoms with Gasteiger partial charge < -0.3 is 5.73 Å². The largest absolute Gasteiger partial charge is 0.396 e. The predicted octanol–water partition coefficient (Wildman–Crippen LogP) is 3.95. The van der Waals surface area contributed by atoms with Crippen LogP contribution in [0.4, 0.5) is 10.1 Å². The van der Waals surface area contributed by atoms with E-state index in [1.807, 2.05) is 0 Å². The van der Waals surface area contributed by atoms with E-state index in [1.165, 1.54) is 24.3 Å². The van der Waals surface area contributed by atoms with Crippen LogP contribution in [-0.2, 0) is 0 Å². The summed E-state index contributed by atoms with van der Waals surface area (Å²) in [6, 6.07) is 8.34. The van der Waals surface area contributed by atoms with Gasteiger partial charge in [-0.3, -0.25) is 4.79 Å². The van der Waals surface area contributed by atoms with Gasteiger partial charge in [-0.15, -0.1) is 0 Å². The summed E-state index contributed by atoms with van der Waals surface area (Å²) >= 11 is 11.7. The number of ketones is 1. The third-order valence-corrected chi connectivity index (χ3v) is 2.98. The van der Waals surface area contributed by atoms with Gasteiger partial charge in [-0.2, -0.15) is 0 Å². The fourth-order valence-corrected chi connectivity index (χ4v) is 2.01. The van der Waals surface area contributed by atoms with E-state index < -0.39 is 5.82 Å². The van der Waals surface area contributed by atoms with Crippen LogP contribution in [-0.4, -0.2) is 5.78 Å². The van der Waals surface area contributed by atoms with E-state index in [0.717, 1.165) is 6.07 Å². The van der Waals surface area contributed by atoms with E-state index in [4.69, 9.17) is 28.9 Å². The summed E-state index contributed by atoms with van der Waals surface area (Å²) in [6.45, 7) is 0. The second kappa shape index (κ2) is 4.96. The molecule has 2 aromatic carbocycles. The Labute approximate surface area is 113 Å². The van der Waals surface area contributed by atoms with E-state index in [0.29, 0.717) is 10.6 Å². The van der Waals surface area contributed by atoms with Crippen LogP contribution in [0.1, 0.15) is 15.9 Å². The maximum atomic E-state index is 13.0. The number of rotatable bonds is 2. The average molecular weight is 284 g/mol. The second-order valence-electron chi connectivity index (χ2n) is 3.69. The van der Waals surface area contributed by atoms with Crippen molar-refractivity contribution in [1.29, 1.82) is 0 Å². The molecule has 0 fully saturated rings. The lowest BCUT2D eigenvalue weighted by molar-refractivity contribution is 0.103. The Hall–Kier alpha value is -1.58. The molecule has 0 bridgehead atoms. The van der Waals surface area contributed by atoms with Crippen molar-refractivity contribution in [2.75, 3.05) is 5.73 Å². The Kier molecular flexibility index (Phi) is 3.55. The van der Waals surface area contributed by atoms with Crippen LogP contribution < -0.4 is 5.73 Å². The molecule has 0 aromatic heterocycles. The van der Waals surface area contributed by atoms with Crippen molar-refractivity contribution in [2.24, 2.45) is 0 Å². The molecule has 0 amide bonds. The molecule has 2 nitrogen and oxygen atoms in total. The minimum absolute atomic E-state index is 0.0778. The molecule has 0 saturated heterocycles. The van der Waals surface area contributed by atoms with E-state index in [9.17, 15) is 9.18 Å². The maximum Gasteiger partial charge on any atom is 0.194 e. The van der Waals surface area contributed by atoms with Crippen molar-refractivity contribution in [3.63, 3.8) is 0 Å². The molecule has 0 saturated carbocycles. The topological polar surface area (TPSA) is 43.1 Å². The summed E-state index contributed by atoms with van der Waals surface area (Å²) in [5.74, 6) is -0.892. The number of halogens is 3. The van der Waals surface area contributed by atoms with Crippen molar-refractivity contribution in [3.8, 4) is 0 Å². The van der Waals surface area contributed by atoms with Crippen LogP contribution in [0.15, 0.2) is 36.4 Å². The number of hydrogen-bond donors (Lipinski definition) is 1. The molecule has 2 rings (SSSR count). The van der Waals surface area contributed by atoms with Gasteiger partial charge >= 0.3 is 0 Å². The van der Waals surface area contributed by atoms with Crippen LogP contribution in [0.5, 0.6) is 0 Å². The lowest BCUT2D eigenvalue weighted by Crippen LogP contribution is -2.04. The number of carbonyl (C=O) groups excluding carboxylic acids is 1. The zero-order valence-corrected chi connectivity index (χ0v) is 10.6. The minimum atomic E-state index is -0.561. The number of anilines is 1. The Bertz CT molecular complexity index is 628. The van der Waals surface area contributed by atoms with Gasteiger partial charge in [0, 0.05) is 16.1 Å². The number of nitrogens with two attached hydrogens (primary N) is 1. The predicted molar refractivity (Wildman–Crippen MR) is 70.7 cm³/mol. The first-order chi connectivity index (χ1) is 8.49. The van der Waals surface area contributed by atoms with Crippen molar-refractivity contribution < 1.29 is 9.18 Å². The van der Waals surface area contributed by atoms with Crippen molar-refractivity contribution in [3.05, 3.63) is 63.4 Å². The van der Waals surface area contributed by atoms with E-state index in [1.54, 1.807) is 6.07 Å². The molecule has 0 unspecified atom stereocenters. The monoisotopic (exact) mass is 283 g/mol. The Morgan fingerprint density at radius 2 is 1.83 bits per heavy atom. The molecule has 0 radical (unpaired) electrons. The lowest BCUT2D eigenvalue weighted by atomic mass is 10.0. The van der Waals surface area contributed by atoms with Crippen LogP contribution in [0.2, 0.25) is 10.0 Å². The lowest BCUT2D eigenvalue weighted by Gasteiger charge is -2.05. The molecular weight excluding hydrogens is 276 g/mol. The maximum absolute atomic E-state index is 13.0. The highest BCUT2D eigenvalue weighted by atomic mass is 35.5. The Morgan fingerprint density at radius 3 is 2.44 bits per heavy atom. The highest BCUT2D eigenvalue weighted by Crippen LogP contribution is 2.24. The summed E-state index contributed by atoms with van der Waals surface area (Å²) in [4.78, 5) is 12.1. The van der Waals surface area contributed by atoms with Gasteiger partial charge in [-0.25, -0.2) is 4.39 Å². The number of nitrogen functional groups attached to an aromatic ring is 1. The van der Waals surface area contributed by atoms with Gasteiger partial charge in [0.1, 0.15) is 5.82 Å². The summed E-state index contributed by atoms with van der Waals surface area (Å²) < 4.78 is 13.0. The molecule has 18 heavy (non-hydrogen) atoms. The van der Waals surface area contributed by atoms with Crippen LogP contribution >= 0.6 is 23.2 Å². The normalized spacial score (nSPS) is 10.4. The van der Waals surface area contributed by atoms with Gasteiger partial charge in [0.15, 0.2) is 5.78 Å². The number of benzene rings is 2. The molecule has 0 spiro atoms. The van der Waals surface area contributed by atoms with E-state index >= 15 is 0 Å². The third kappa shape index (κ3) is 2.47. The summed E-state index contributed by atoms with van der Waals surface area (Å²) in [7, 11) is 0. The van der Waals surface area contributed by atoms with Crippen LogP contribution in [0, 0.1) is 5.82 Å². The summed E-state index contributed by atoms with van der Waals surface area (Å²) in [6.07, 6.45) is 0. The zero-order chi connectivity index (χ0) is 13.3. The minimum Gasteiger partial charge on any atom is -0.396 e. The molecule has 2 N–H and O–H groups in total. The molecule has 5 heteroatoms. The van der Waals surface area contributed by atoms with Crippen LogP contribution in [0.3, 0.4) is 0 Å². The number of carbonyl (C=O) groups is 1. The third-order valence-electron chi connectivity index (χ3n) is 2.43. The number of hydrogen-bond acceptors (Lipinski definition) is 2. The highest BCUT2D eigenvalue weighted by molar-refractivity contribution is 6.37. The van der Waals surface area contributed by atoms with E-state index in [2.05, 4.69) is 0 Å². The zero-order valence-electron chi connectivity index (χ0n) is 9.08. The first-order valence-electron chi connectivity index (χ1n) is 5.04. The van der Waals surface area contributed by atoms with Gasteiger partial charge in [-0.1, -0.05) is 23.2 Å². The van der Waals surface area contributed by atoms with Crippen LogP contribution in [0.25, 0.3) is 0 Å². The molecule has 0 aliphatic carbocycles. The quantitative estimate of drug-likeness (QED) is 0.670. The molecule has 92 valence electrons. The Balaban J connectivity index is 2.44. The average Bonchev–Trinajstić information content (AvgIpc) is 2.32. The molecule has 2 aromatic rings. The van der Waals surface area contributed by atoms with Gasteiger partial charge in [0.2, 0.25) is 0 Å². The molecule has 0 heterocycles. The highest BCUT2D eigenvalue weighted by Gasteiger charge is 2.14. The van der Waals surface area contributed by atoms with Gasteiger partial charge in [0.25, 0.3) is 0 Å². The van der Waals surface area contributed by atoms with Gasteiger partial charge in [-0.05, 0) is 36.4 Å². The SMILES string of the molecule is Nc1cc(C(=O)c2ccc(Cl)cc2Cl)ccc1F. The summed E-state index contributed by atoms with van der Waals surface area (Å²) in [5.41, 5.74) is 5.91. The van der Waals surface area contributed by atoms with Crippen molar-refractivity contribution in [2.45, 2.75) is 0 Å². The molecule has 0 aliphatic rings. The summed E-state index contributed by atoms with van der Waals surface area (Å²) in [5, 5.41) is 0.686. The first-order valence-corrected chi connectivity index (χ1v) is 5.79. The smallest absolute Gasteiger partial charge is 0.194 e. The molecule has 0 aliphatic heterocycles. The first kappa shape index (κ1) is 12.9. The fourth-order valence-electron chi connectivity index (χ4n) is 1.51. The van der Waals surface area contributed by atoms with E-state index in [-0.39, 0.29) is 22.1 Å². The van der Waals surface area contributed by atoms with Crippen molar-refractivity contribution >= 4 is 34.7 Å². The van der Waals surface area contributed by atoms with Gasteiger partial charge in [0.05, 0.1) is 10.7 Å². The van der Waals surface area contributed by atoms with Crippen molar-refractivity contribution in [1.82, 2.24) is 0 Å². The Morgan fingerprint density at radius 1 is 1.11 bits per heavy atom. The molecule has 0 atom stereocenters. The standard InChI is InChI=1S/C13H8Cl2FNO/c14-8-2-3-9(10(15)6-8)13(18)7-1-4-11(16)12(17)5-7/h1-6H,17H2. The fraction of sp³-hybridized carbons (Fsp3) is 0. The molecular formula is C13H8Cl2FNO. The second-order valence-corrected chi connectivity index (χ2v) is 4.53.